The smallest absolute Gasteiger partial charge is 0.327 e. The highest BCUT2D eigenvalue weighted by atomic mass is 79.9. The average Bonchev–Trinajstić information content (AvgIpc) is 2.81. The van der Waals surface area contributed by atoms with Gasteiger partial charge >= 0.3 is 5.97 Å². The maximum atomic E-state index is 13.9. The molecule has 4 nitrogen and oxygen atoms in total. The number of amides is 1. The second kappa shape index (κ2) is 6.13. The Morgan fingerprint density at radius 3 is 2.80 bits per heavy atom. The number of carbonyl (C=O) groups is 2. The van der Waals surface area contributed by atoms with E-state index in [9.17, 15) is 19.1 Å². The van der Waals surface area contributed by atoms with Crippen LogP contribution in [0, 0.1) is 5.82 Å². The first-order valence-corrected chi connectivity index (χ1v) is 7.92. The van der Waals surface area contributed by atoms with Crippen LogP contribution in [-0.4, -0.2) is 39.1 Å². The maximum absolute atomic E-state index is 13.9. The molecule has 1 fully saturated rings. The SMILES string of the molecule is CCC1SCC(C(=O)O)N1C(=O)c1ccc(Br)cc1F. The number of nitrogens with zero attached hydrogens (tertiary/aromatic N) is 1. The molecule has 1 N–H and O–H groups in total. The zero-order chi connectivity index (χ0) is 14.9. The van der Waals surface area contributed by atoms with Gasteiger partial charge in [0, 0.05) is 10.2 Å². The molecule has 1 amide bonds. The van der Waals surface area contributed by atoms with Gasteiger partial charge in [-0.05, 0) is 24.6 Å². The molecule has 2 unspecified atom stereocenters. The zero-order valence-electron chi connectivity index (χ0n) is 10.7. The van der Waals surface area contributed by atoms with Crippen molar-refractivity contribution in [3.05, 3.63) is 34.1 Å². The fraction of sp³-hybridized carbons (Fsp3) is 0.385. The molecule has 108 valence electrons. The number of hydrogen-bond acceptors (Lipinski definition) is 3. The number of carboxylic acids is 1. The van der Waals surface area contributed by atoms with E-state index in [0.717, 1.165) is 0 Å². The third-order valence-corrected chi connectivity index (χ3v) is 5.07. The van der Waals surface area contributed by atoms with E-state index in [-0.39, 0.29) is 10.9 Å². The van der Waals surface area contributed by atoms with Gasteiger partial charge in [0.1, 0.15) is 11.9 Å². The molecule has 20 heavy (non-hydrogen) atoms. The van der Waals surface area contributed by atoms with Crippen molar-refractivity contribution in [1.29, 1.82) is 0 Å². The van der Waals surface area contributed by atoms with E-state index in [2.05, 4.69) is 15.9 Å². The molecule has 0 radical (unpaired) electrons. The van der Waals surface area contributed by atoms with Gasteiger partial charge in [-0.3, -0.25) is 4.79 Å². The Balaban J connectivity index is 2.36. The predicted octanol–water partition coefficient (Wildman–Crippen LogP) is 2.97. The number of aliphatic carboxylic acids is 1. The fourth-order valence-corrected chi connectivity index (χ4v) is 3.82. The van der Waals surface area contributed by atoms with Crippen molar-refractivity contribution in [1.82, 2.24) is 4.90 Å². The van der Waals surface area contributed by atoms with Crippen molar-refractivity contribution in [2.75, 3.05) is 5.75 Å². The van der Waals surface area contributed by atoms with Crippen LogP contribution in [0.3, 0.4) is 0 Å². The van der Waals surface area contributed by atoms with E-state index in [1.165, 1.54) is 28.8 Å². The molecule has 1 aliphatic rings. The van der Waals surface area contributed by atoms with E-state index in [1.54, 1.807) is 6.07 Å². The molecule has 0 saturated carbocycles. The fourth-order valence-electron chi connectivity index (χ4n) is 2.14. The molecule has 0 aliphatic carbocycles. The standard InChI is InChI=1S/C13H13BrFNO3S/c1-2-11-16(10(6-20-11)13(18)19)12(17)8-4-3-7(14)5-9(8)15/h3-5,10-11H,2,6H2,1H3,(H,18,19). The lowest BCUT2D eigenvalue weighted by Crippen LogP contribution is -2.45. The van der Waals surface area contributed by atoms with Crippen LogP contribution in [0.5, 0.6) is 0 Å². The van der Waals surface area contributed by atoms with Crippen molar-refractivity contribution in [3.63, 3.8) is 0 Å². The summed E-state index contributed by atoms with van der Waals surface area (Å²) in [6.45, 7) is 1.88. The Morgan fingerprint density at radius 1 is 1.55 bits per heavy atom. The number of carboxylic acid groups (broad SMARTS) is 1. The first-order valence-electron chi connectivity index (χ1n) is 6.07. The van der Waals surface area contributed by atoms with E-state index in [1.807, 2.05) is 6.92 Å². The van der Waals surface area contributed by atoms with Crippen molar-refractivity contribution >= 4 is 39.6 Å². The third-order valence-electron chi connectivity index (χ3n) is 3.12. The number of hydrogen-bond donors (Lipinski definition) is 1. The first kappa shape index (κ1) is 15.3. The molecular formula is C13H13BrFNO3S. The minimum absolute atomic E-state index is 0.0969. The van der Waals surface area contributed by atoms with Gasteiger partial charge in [0.25, 0.3) is 5.91 Å². The lowest BCUT2D eigenvalue weighted by molar-refractivity contribution is -0.141. The highest BCUT2D eigenvalue weighted by molar-refractivity contribution is 9.10. The van der Waals surface area contributed by atoms with Crippen LogP contribution >= 0.6 is 27.7 Å². The van der Waals surface area contributed by atoms with Gasteiger partial charge in [-0.15, -0.1) is 11.8 Å². The number of carbonyl (C=O) groups excluding carboxylic acids is 1. The summed E-state index contributed by atoms with van der Waals surface area (Å²) in [5, 5.41) is 8.97. The Kier molecular flexibility index (Phi) is 4.70. The van der Waals surface area contributed by atoms with Crippen LogP contribution < -0.4 is 0 Å². The van der Waals surface area contributed by atoms with Crippen molar-refractivity contribution in [3.8, 4) is 0 Å². The lowest BCUT2D eigenvalue weighted by atomic mass is 10.1. The van der Waals surface area contributed by atoms with Crippen LogP contribution in [0.1, 0.15) is 23.7 Å². The summed E-state index contributed by atoms with van der Waals surface area (Å²) in [4.78, 5) is 25.0. The first-order chi connectivity index (χ1) is 9.45. The van der Waals surface area contributed by atoms with Crippen LogP contribution in [0.25, 0.3) is 0 Å². The molecule has 0 aromatic heterocycles. The monoisotopic (exact) mass is 361 g/mol. The highest BCUT2D eigenvalue weighted by Gasteiger charge is 2.41. The molecule has 1 heterocycles. The Morgan fingerprint density at radius 2 is 2.25 bits per heavy atom. The van der Waals surface area contributed by atoms with Gasteiger partial charge in [0.05, 0.1) is 10.9 Å². The van der Waals surface area contributed by atoms with E-state index < -0.39 is 23.7 Å². The van der Waals surface area contributed by atoms with Gasteiger partial charge in [-0.1, -0.05) is 22.9 Å². The van der Waals surface area contributed by atoms with Crippen LogP contribution in [-0.2, 0) is 4.79 Å². The Bertz CT molecular complexity index is 554. The topological polar surface area (TPSA) is 57.6 Å². The highest BCUT2D eigenvalue weighted by Crippen LogP contribution is 2.33. The van der Waals surface area contributed by atoms with Crippen molar-refractivity contribution < 1.29 is 19.1 Å². The largest absolute Gasteiger partial charge is 0.480 e. The lowest BCUT2D eigenvalue weighted by Gasteiger charge is -2.26. The summed E-state index contributed by atoms with van der Waals surface area (Å²) in [6, 6.07) is 3.24. The molecule has 0 bridgehead atoms. The molecule has 2 rings (SSSR count). The average molecular weight is 362 g/mol. The Hall–Kier alpha value is -1.08. The van der Waals surface area contributed by atoms with Gasteiger partial charge in [-0.25, -0.2) is 9.18 Å². The maximum Gasteiger partial charge on any atom is 0.327 e. The van der Waals surface area contributed by atoms with Gasteiger partial charge < -0.3 is 10.0 Å². The van der Waals surface area contributed by atoms with Gasteiger partial charge in [-0.2, -0.15) is 0 Å². The predicted molar refractivity (Wildman–Crippen MR) is 78.2 cm³/mol. The molecule has 7 heteroatoms. The minimum Gasteiger partial charge on any atom is -0.480 e. The van der Waals surface area contributed by atoms with E-state index >= 15 is 0 Å². The summed E-state index contributed by atoms with van der Waals surface area (Å²) in [5.41, 5.74) is -0.0969. The van der Waals surface area contributed by atoms with Crippen molar-refractivity contribution in [2.45, 2.75) is 24.8 Å². The summed E-state index contributed by atoms with van der Waals surface area (Å²) in [7, 11) is 0. The van der Waals surface area contributed by atoms with E-state index in [4.69, 9.17) is 0 Å². The molecule has 2 atom stereocenters. The van der Waals surface area contributed by atoms with Crippen molar-refractivity contribution in [2.24, 2.45) is 0 Å². The normalized spacial score (nSPS) is 22.1. The molecule has 1 saturated heterocycles. The van der Waals surface area contributed by atoms with E-state index in [0.29, 0.717) is 16.6 Å². The summed E-state index contributed by atoms with van der Waals surface area (Å²) < 4.78 is 14.4. The summed E-state index contributed by atoms with van der Waals surface area (Å²) in [5.74, 6) is -1.95. The summed E-state index contributed by atoms with van der Waals surface area (Å²) >= 11 is 4.54. The minimum atomic E-state index is -1.06. The van der Waals surface area contributed by atoms with Gasteiger partial charge in [0.15, 0.2) is 0 Å². The van der Waals surface area contributed by atoms with Crippen LogP contribution in [0.4, 0.5) is 4.39 Å². The molecule has 0 spiro atoms. The molecular weight excluding hydrogens is 349 g/mol. The van der Waals surface area contributed by atoms with Gasteiger partial charge in [0.2, 0.25) is 0 Å². The second-order valence-electron chi connectivity index (χ2n) is 4.39. The quantitative estimate of drug-likeness (QED) is 0.898. The number of rotatable bonds is 3. The molecule has 1 aromatic rings. The zero-order valence-corrected chi connectivity index (χ0v) is 13.1. The molecule has 1 aliphatic heterocycles. The Labute approximate surface area is 128 Å². The molecule has 1 aromatic carbocycles. The summed E-state index contributed by atoms with van der Waals surface area (Å²) in [6.07, 6.45) is 0.623. The number of thioether (sulfide) groups is 1. The van der Waals surface area contributed by atoms with Crippen LogP contribution in [0.15, 0.2) is 22.7 Å². The second-order valence-corrected chi connectivity index (χ2v) is 6.51. The van der Waals surface area contributed by atoms with Crippen LogP contribution in [0.2, 0.25) is 0 Å². The number of benzene rings is 1. The number of halogens is 2. The third kappa shape index (κ3) is 2.83.